The lowest BCUT2D eigenvalue weighted by atomic mass is 10.0. The zero-order valence-corrected chi connectivity index (χ0v) is 10.2. The summed E-state index contributed by atoms with van der Waals surface area (Å²) in [6.07, 6.45) is 2.14. The van der Waals surface area contributed by atoms with E-state index in [2.05, 4.69) is 0 Å². The van der Waals surface area contributed by atoms with Crippen LogP contribution in [0.25, 0.3) is 10.8 Å². The molecule has 1 aliphatic rings. The van der Waals surface area contributed by atoms with Crippen LogP contribution in [0.3, 0.4) is 0 Å². The van der Waals surface area contributed by atoms with Gasteiger partial charge in [0, 0.05) is 24.0 Å². The first-order valence-corrected chi connectivity index (χ1v) is 6.13. The van der Waals surface area contributed by atoms with Gasteiger partial charge in [0.05, 0.1) is 0 Å². The molecule has 0 spiro atoms. The molecule has 2 aromatic carbocycles. The van der Waals surface area contributed by atoms with Crippen LogP contribution in [0.5, 0.6) is 0 Å². The van der Waals surface area contributed by atoms with Crippen molar-refractivity contribution in [1.29, 1.82) is 0 Å². The first-order valence-electron chi connectivity index (χ1n) is 6.13. The SMILES string of the molecule is CN(C(=O)c1ccc(F)c2ccccc12)C1CC1. The van der Waals surface area contributed by atoms with Crippen LogP contribution in [0, 0.1) is 5.82 Å². The van der Waals surface area contributed by atoms with Gasteiger partial charge in [-0.2, -0.15) is 0 Å². The van der Waals surface area contributed by atoms with Gasteiger partial charge in [-0.15, -0.1) is 0 Å². The molecule has 0 aliphatic heterocycles. The molecule has 92 valence electrons. The Labute approximate surface area is 105 Å². The monoisotopic (exact) mass is 243 g/mol. The van der Waals surface area contributed by atoms with E-state index in [1.165, 1.54) is 6.07 Å². The maximum absolute atomic E-state index is 13.7. The molecular formula is C15H14FNO. The van der Waals surface area contributed by atoms with E-state index in [1.807, 2.05) is 13.1 Å². The molecule has 0 atom stereocenters. The molecule has 3 heteroatoms. The Morgan fingerprint density at radius 3 is 2.50 bits per heavy atom. The molecule has 18 heavy (non-hydrogen) atoms. The molecule has 0 aromatic heterocycles. The van der Waals surface area contributed by atoms with Crippen molar-refractivity contribution in [1.82, 2.24) is 4.90 Å². The van der Waals surface area contributed by atoms with Gasteiger partial charge in [-0.1, -0.05) is 24.3 Å². The Morgan fingerprint density at radius 1 is 1.17 bits per heavy atom. The van der Waals surface area contributed by atoms with Crippen molar-refractivity contribution in [2.45, 2.75) is 18.9 Å². The second-order valence-electron chi connectivity index (χ2n) is 4.79. The summed E-state index contributed by atoms with van der Waals surface area (Å²) in [7, 11) is 1.82. The zero-order valence-electron chi connectivity index (χ0n) is 10.2. The van der Waals surface area contributed by atoms with E-state index < -0.39 is 0 Å². The van der Waals surface area contributed by atoms with Gasteiger partial charge >= 0.3 is 0 Å². The molecule has 1 amide bonds. The third kappa shape index (κ3) is 1.76. The fraction of sp³-hybridized carbons (Fsp3) is 0.267. The predicted octanol–water partition coefficient (Wildman–Crippen LogP) is 3.21. The van der Waals surface area contributed by atoms with E-state index in [0.717, 1.165) is 12.8 Å². The Hall–Kier alpha value is -1.90. The molecule has 1 fully saturated rings. The van der Waals surface area contributed by atoms with Gasteiger partial charge in [0.1, 0.15) is 5.82 Å². The maximum atomic E-state index is 13.7. The molecule has 0 radical (unpaired) electrons. The third-order valence-corrected chi connectivity index (χ3v) is 3.52. The molecule has 0 bridgehead atoms. The topological polar surface area (TPSA) is 20.3 Å². The van der Waals surface area contributed by atoms with Crippen LogP contribution in [0.15, 0.2) is 36.4 Å². The Morgan fingerprint density at radius 2 is 1.83 bits per heavy atom. The smallest absolute Gasteiger partial charge is 0.254 e. The van der Waals surface area contributed by atoms with Crippen LogP contribution < -0.4 is 0 Å². The maximum Gasteiger partial charge on any atom is 0.254 e. The second kappa shape index (κ2) is 4.09. The standard InChI is InChI=1S/C15H14FNO/c1-17(10-6-7-10)15(18)13-8-9-14(16)12-5-3-2-4-11(12)13/h2-5,8-10H,6-7H2,1H3. The van der Waals surface area contributed by atoms with E-state index in [9.17, 15) is 9.18 Å². The Bertz CT molecular complexity index is 619. The highest BCUT2D eigenvalue weighted by molar-refractivity contribution is 6.07. The van der Waals surface area contributed by atoms with Gasteiger partial charge in [0.15, 0.2) is 0 Å². The highest BCUT2D eigenvalue weighted by Gasteiger charge is 2.30. The minimum Gasteiger partial charge on any atom is -0.339 e. The van der Waals surface area contributed by atoms with Crippen LogP contribution in [0.1, 0.15) is 23.2 Å². The van der Waals surface area contributed by atoms with Gasteiger partial charge in [-0.25, -0.2) is 4.39 Å². The first-order chi connectivity index (χ1) is 8.68. The molecule has 0 saturated heterocycles. The number of fused-ring (bicyclic) bond motifs is 1. The predicted molar refractivity (Wildman–Crippen MR) is 69.0 cm³/mol. The lowest BCUT2D eigenvalue weighted by Gasteiger charge is -2.17. The van der Waals surface area contributed by atoms with Crippen molar-refractivity contribution in [3.8, 4) is 0 Å². The summed E-state index contributed by atoms with van der Waals surface area (Å²) < 4.78 is 13.7. The van der Waals surface area contributed by atoms with E-state index in [-0.39, 0.29) is 11.7 Å². The number of benzene rings is 2. The number of carbonyl (C=O) groups excluding carboxylic acids is 1. The van der Waals surface area contributed by atoms with Crippen LogP contribution in [-0.4, -0.2) is 23.9 Å². The number of carbonyl (C=O) groups is 1. The average Bonchev–Trinajstić information content (AvgIpc) is 3.22. The number of hydrogen-bond donors (Lipinski definition) is 0. The van der Waals surface area contributed by atoms with E-state index in [0.29, 0.717) is 22.4 Å². The Kier molecular flexibility index (Phi) is 2.54. The molecule has 3 rings (SSSR count). The molecule has 0 N–H and O–H groups in total. The summed E-state index contributed by atoms with van der Waals surface area (Å²) in [5.74, 6) is -0.301. The summed E-state index contributed by atoms with van der Waals surface area (Å²) in [5.41, 5.74) is 0.585. The van der Waals surface area contributed by atoms with Gasteiger partial charge < -0.3 is 4.90 Å². The normalized spacial score (nSPS) is 14.8. The molecule has 0 heterocycles. The summed E-state index contributed by atoms with van der Waals surface area (Å²) in [6.45, 7) is 0. The summed E-state index contributed by atoms with van der Waals surface area (Å²) >= 11 is 0. The highest BCUT2D eigenvalue weighted by Crippen LogP contribution is 2.29. The summed E-state index contributed by atoms with van der Waals surface area (Å²) in [4.78, 5) is 14.1. The van der Waals surface area contributed by atoms with Crippen molar-refractivity contribution in [3.05, 3.63) is 47.8 Å². The summed E-state index contributed by atoms with van der Waals surface area (Å²) in [6, 6.07) is 10.4. The van der Waals surface area contributed by atoms with E-state index in [4.69, 9.17) is 0 Å². The van der Waals surface area contributed by atoms with Crippen LogP contribution in [0.4, 0.5) is 4.39 Å². The van der Waals surface area contributed by atoms with Gasteiger partial charge in [0.25, 0.3) is 5.91 Å². The fourth-order valence-corrected chi connectivity index (χ4v) is 2.27. The van der Waals surface area contributed by atoms with Crippen molar-refractivity contribution in [2.24, 2.45) is 0 Å². The van der Waals surface area contributed by atoms with E-state index >= 15 is 0 Å². The van der Waals surface area contributed by atoms with Crippen LogP contribution in [-0.2, 0) is 0 Å². The lowest BCUT2D eigenvalue weighted by molar-refractivity contribution is 0.0787. The summed E-state index contributed by atoms with van der Waals surface area (Å²) in [5, 5.41) is 1.20. The quantitative estimate of drug-likeness (QED) is 0.793. The number of rotatable bonds is 2. The number of hydrogen-bond acceptors (Lipinski definition) is 1. The zero-order chi connectivity index (χ0) is 12.7. The Balaban J connectivity index is 2.11. The molecule has 2 aromatic rings. The van der Waals surface area contributed by atoms with Crippen molar-refractivity contribution < 1.29 is 9.18 Å². The van der Waals surface area contributed by atoms with Gasteiger partial charge in [0.2, 0.25) is 0 Å². The fourth-order valence-electron chi connectivity index (χ4n) is 2.27. The van der Waals surface area contributed by atoms with Crippen molar-refractivity contribution in [2.75, 3.05) is 7.05 Å². The van der Waals surface area contributed by atoms with E-state index in [1.54, 1.807) is 29.2 Å². The number of nitrogens with zero attached hydrogens (tertiary/aromatic N) is 1. The van der Waals surface area contributed by atoms with Crippen LogP contribution in [0.2, 0.25) is 0 Å². The molecule has 0 unspecified atom stereocenters. The molecule has 2 nitrogen and oxygen atoms in total. The number of amides is 1. The van der Waals surface area contributed by atoms with Crippen molar-refractivity contribution in [3.63, 3.8) is 0 Å². The highest BCUT2D eigenvalue weighted by atomic mass is 19.1. The second-order valence-corrected chi connectivity index (χ2v) is 4.79. The van der Waals surface area contributed by atoms with Crippen molar-refractivity contribution >= 4 is 16.7 Å². The van der Waals surface area contributed by atoms with Crippen LogP contribution >= 0.6 is 0 Å². The average molecular weight is 243 g/mol. The lowest BCUT2D eigenvalue weighted by Crippen LogP contribution is -2.28. The molecular weight excluding hydrogens is 229 g/mol. The number of halogens is 1. The van der Waals surface area contributed by atoms with Gasteiger partial charge in [-0.3, -0.25) is 4.79 Å². The largest absolute Gasteiger partial charge is 0.339 e. The minimum atomic E-state index is -0.281. The van der Waals surface area contributed by atoms with Gasteiger partial charge in [-0.05, 0) is 30.4 Å². The molecule has 1 saturated carbocycles. The molecule has 1 aliphatic carbocycles. The third-order valence-electron chi connectivity index (χ3n) is 3.52. The first kappa shape index (κ1) is 11.2. The minimum absolute atomic E-state index is 0.0197.